The second-order valence-electron chi connectivity index (χ2n) is 6.07. The van der Waals surface area contributed by atoms with Gasteiger partial charge in [0.25, 0.3) is 0 Å². The highest BCUT2D eigenvalue weighted by Crippen LogP contribution is 2.42. The van der Waals surface area contributed by atoms with E-state index >= 15 is 0 Å². The van der Waals surface area contributed by atoms with Gasteiger partial charge in [0.2, 0.25) is 0 Å². The molecule has 1 fully saturated rings. The lowest BCUT2D eigenvalue weighted by atomic mass is 9.90. The predicted molar refractivity (Wildman–Crippen MR) is 75.9 cm³/mol. The molecule has 1 aliphatic heterocycles. The zero-order chi connectivity index (χ0) is 13.8. The molecule has 104 valence electrons. The summed E-state index contributed by atoms with van der Waals surface area (Å²) >= 11 is 0. The second kappa shape index (κ2) is 4.32. The summed E-state index contributed by atoms with van der Waals surface area (Å²) in [4.78, 5) is 0.529. The van der Waals surface area contributed by atoms with Gasteiger partial charge in [-0.3, -0.25) is 0 Å². The molecule has 1 saturated carbocycles. The summed E-state index contributed by atoms with van der Waals surface area (Å²) in [7, 11) is -3.18. The molecule has 0 amide bonds. The van der Waals surface area contributed by atoms with E-state index in [-0.39, 0.29) is 17.2 Å². The molecule has 0 spiro atoms. The van der Waals surface area contributed by atoms with E-state index in [2.05, 4.69) is 5.32 Å². The van der Waals surface area contributed by atoms with E-state index in [9.17, 15) is 8.42 Å². The lowest BCUT2D eigenvalue weighted by Crippen LogP contribution is -2.42. The minimum atomic E-state index is -3.18. The lowest BCUT2D eigenvalue weighted by Gasteiger charge is -2.36. The van der Waals surface area contributed by atoms with Crippen molar-refractivity contribution in [1.82, 2.24) is 5.32 Å². The van der Waals surface area contributed by atoms with Crippen LogP contribution in [0.4, 0.5) is 0 Å². The standard InChI is InChI=1S/C15H21NO2S/c1-9-4-7-14-13(8-9)15(16-12-5-6-12)10(2)11(3)19(14,17)18/h4,7-8,10-12,15-16H,5-6H2,1-3H3. The number of fused-ring (bicyclic) bond motifs is 1. The number of aryl methyl sites for hydroxylation is 1. The van der Waals surface area contributed by atoms with Crippen molar-refractivity contribution in [2.45, 2.75) is 55.8 Å². The fourth-order valence-electron chi connectivity index (χ4n) is 2.95. The van der Waals surface area contributed by atoms with Gasteiger partial charge in [-0.2, -0.15) is 0 Å². The lowest BCUT2D eigenvalue weighted by molar-refractivity contribution is 0.355. The van der Waals surface area contributed by atoms with Crippen molar-refractivity contribution in [2.24, 2.45) is 5.92 Å². The Morgan fingerprint density at radius 2 is 1.89 bits per heavy atom. The monoisotopic (exact) mass is 279 g/mol. The molecule has 1 N–H and O–H groups in total. The first kappa shape index (κ1) is 13.1. The van der Waals surface area contributed by atoms with Gasteiger partial charge >= 0.3 is 0 Å². The Balaban J connectivity index is 2.13. The molecule has 1 aromatic carbocycles. The highest BCUT2D eigenvalue weighted by Gasteiger charge is 2.43. The summed E-state index contributed by atoms with van der Waals surface area (Å²) in [6.07, 6.45) is 2.43. The third-order valence-electron chi connectivity index (χ3n) is 4.56. The predicted octanol–water partition coefficient (Wildman–Crippen LogP) is 2.60. The van der Waals surface area contributed by atoms with Crippen LogP contribution in [0, 0.1) is 12.8 Å². The number of sulfone groups is 1. The number of nitrogens with one attached hydrogen (secondary N) is 1. The van der Waals surface area contributed by atoms with Crippen molar-refractivity contribution in [2.75, 3.05) is 0 Å². The van der Waals surface area contributed by atoms with Gasteiger partial charge in [0, 0.05) is 12.1 Å². The molecule has 4 heteroatoms. The molecule has 3 rings (SSSR count). The molecule has 0 aromatic heterocycles. The smallest absolute Gasteiger partial charge is 0.181 e. The van der Waals surface area contributed by atoms with Gasteiger partial charge in [-0.1, -0.05) is 24.6 Å². The quantitative estimate of drug-likeness (QED) is 0.905. The van der Waals surface area contributed by atoms with Crippen LogP contribution in [0.15, 0.2) is 23.1 Å². The minimum Gasteiger partial charge on any atom is -0.307 e. The zero-order valence-electron chi connectivity index (χ0n) is 11.7. The highest BCUT2D eigenvalue weighted by molar-refractivity contribution is 7.92. The Hall–Kier alpha value is -0.870. The first-order valence-electron chi connectivity index (χ1n) is 7.02. The van der Waals surface area contributed by atoms with E-state index in [1.54, 1.807) is 6.07 Å². The Morgan fingerprint density at radius 3 is 2.53 bits per heavy atom. The van der Waals surface area contributed by atoms with Crippen LogP contribution in [0.5, 0.6) is 0 Å². The van der Waals surface area contributed by atoms with Gasteiger partial charge in [0.05, 0.1) is 10.1 Å². The van der Waals surface area contributed by atoms with Gasteiger partial charge < -0.3 is 5.32 Å². The van der Waals surface area contributed by atoms with Crippen molar-refractivity contribution in [1.29, 1.82) is 0 Å². The maximum Gasteiger partial charge on any atom is 0.181 e. The molecule has 19 heavy (non-hydrogen) atoms. The minimum absolute atomic E-state index is 0.111. The second-order valence-corrected chi connectivity index (χ2v) is 8.34. The maximum atomic E-state index is 12.5. The van der Waals surface area contributed by atoms with E-state index in [1.807, 2.05) is 32.9 Å². The molecular weight excluding hydrogens is 258 g/mol. The maximum absolute atomic E-state index is 12.5. The van der Waals surface area contributed by atoms with Crippen molar-refractivity contribution in [3.8, 4) is 0 Å². The number of rotatable bonds is 2. The number of hydrogen-bond acceptors (Lipinski definition) is 3. The van der Waals surface area contributed by atoms with Crippen LogP contribution >= 0.6 is 0 Å². The molecule has 0 saturated heterocycles. The van der Waals surface area contributed by atoms with E-state index in [1.165, 1.54) is 12.8 Å². The Labute approximate surface area is 115 Å². The SMILES string of the molecule is Cc1ccc2c(c1)C(NC1CC1)C(C)C(C)S2(=O)=O. The fraction of sp³-hybridized carbons (Fsp3) is 0.600. The first-order valence-corrected chi connectivity index (χ1v) is 8.56. The van der Waals surface area contributed by atoms with E-state index < -0.39 is 9.84 Å². The van der Waals surface area contributed by atoms with Crippen LogP contribution in [0.25, 0.3) is 0 Å². The molecule has 3 atom stereocenters. The van der Waals surface area contributed by atoms with Crippen molar-refractivity contribution < 1.29 is 8.42 Å². The number of hydrogen-bond donors (Lipinski definition) is 1. The molecule has 3 nitrogen and oxygen atoms in total. The third kappa shape index (κ3) is 2.11. The summed E-state index contributed by atoms with van der Waals surface area (Å²) in [6.45, 7) is 5.90. The van der Waals surface area contributed by atoms with E-state index in [0.29, 0.717) is 10.9 Å². The zero-order valence-corrected chi connectivity index (χ0v) is 12.5. The van der Waals surface area contributed by atoms with Crippen molar-refractivity contribution in [3.63, 3.8) is 0 Å². The normalized spacial score (nSPS) is 32.9. The Kier molecular flexibility index (Phi) is 2.98. The summed E-state index contributed by atoms with van der Waals surface area (Å²) in [5.41, 5.74) is 2.09. The van der Waals surface area contributed by atoms with Crippen LogP contribution in [-0.2, 0) is 9.84 Å². The topological polar surface area (TPSA) is 46.2 Å². The fourth-order valence-corrected chi connectivity index (χ4v) is 4.85. The Bertz CT molecular complexity index is 605. The molecule has 1 aromatic rings. The van der Waals surface area contributed by atoms with Crippen LogP contribution in [0.2, 0.25) is 0 Å². The van der Waals surface area contributed by atoms with Crippen LogP contribution in [-0.4, -0.2) is 19.7 Å². The third-order valence-corrected chi connectivity index (χ3v) is 6.95. The van der Waals surface area contributed by atoms with E-state index in [0.717, 1.165) is 11.1 Å². The largest absolute Gasteiger partial charge is 0.307 e. The van der Waals surface area contributed by atoms with Crippen LogP contribution in [0.1, 0.15) is 43.9 Å². The van der Waals surface area contributed by atoms with Crippen LogP contribution in [0.3, 0.4) is 0 Å². The Morgan fingerprint density at radius 1 is 1.21 bits per heavy atom. The van der Waals surface area contributed by atoms with Gasteiger partial charge in [-0.15, -0.1) is 0 Å². The molecular formula is C15H21NO2S. The average Bonchev–Trinajstić information content (AvgIpc) is 3.16. The highest BCUT2D eigenvalue weighted by atomic mass is 32.2. The molecule has 0 bridgehead atoms. The molecule has 1 heterocycles. The van der Waals surface area contributed by atoms with Gasteiger partial charge in [-0.05, 0) is 44.2 Å². The van der Waals surface area contributed by atoms with Gasteiger partial charge in [-0.25, -0.2) is 8.42 Å². The molecule has 0 radical (unpaired) electrons. The molecule has 3 unspecified atom stereocenters. The summed E-state index contributed by atoms with van der Waals surface area (Å²) in [6, 6.07) is 6.46. The average molecular weight is 279 g/mol. The van der Waals surface area contributed by atoms with Crippen molar-refractivity contribution in [3.05, 3.63) is 29.3 Å². The molecule has 2 aliphatic rings. The summed E-state index contributed by atoms with van der Waals surface area (Å²) < 4.78 is 25.1. The summed E-state index contributed by atoms with van der Waals surface area (Å²) in [5.74, 6) is 0.111. The molecule has 1 aliphatic carbocycles. The first-order chi connectivity index (χ1) is 8.91. The van der Waals surface area contributed by atoms with Gasteiger partial charge in [0.1, 0.15) is 0 Å². The van der Waals surface area contributed by atoms with Crippen LogP contribution < -0.4 is 5.32 Å². The van der Waals surface area contributed by atoms with Gasteiger partial charge in [0.15, 0.2) is 9.84 Å². The van der Waals surface area contributed by atoms with Crippen molar-refractivity contribution >= 4 is 9.84 Å². The van der Waals surface area contributed by atoms with E-state index in [4.69, 9.17) is 0 Å². The number of benzene rings is 1. The summed E-state index contributed by atoms with van der Waals surface area (Å²) in [5, 5.41) is 3.31.